The second-order valence-electron chi connectivity index (χ2n) is 9.48. The summed E-state index contributed by atoms with van der Waals surface area (Å²) in [6.07, 6.45) is 6.42. The summed E-state index contributed by atoms with van der Waals surface area (Å²) in [4.78, 5) is 26.4. The van der Waals surface area contributed by atoms with Gasteiger partial charge < -0.3 is 14.8 Å². The van der Waals surface area contributed by atoms with Gasteiger partial charge in [-0.3, -0.25) is 9.59 Å². The Morgan fingerprint density at radius 1 is 1.00 bits per heavy atom. The number of dihydropyridines is 1. The van der Waals surface area contributed by atoms with E-state index in [-0.39, 0.29) is 24.0 Å². The summed E-state index contributed by atoms with van der Waals surface area (Å²) in [6, 6.07) is 10.3. The van der Waals surface area contributed by atoms with Crippen LogP contribution in [0.2, 0.25) is 0 Å². The lowest BCUT2D eigenvalue weighted by molar-refractivity contribution is -0.117. The first-order valence-electron chi connectivity index (χ1n) is 12.5. The van der Waals surface area contributed by atoms with Crippen molar-refractivity contribution in [2.24, 2.45) is 0 Å². The van der Waals surface area contributed by atoms with E-state index in [0.29, 0.717) is 47.5 Å². The molecule has 1 heterocycles. The second kappa shape index (κ2) is 10.1. The number of hydrogen-bond donors (Lipinski definition) is 1. The molecule has 2 aromatic carbocycles. The van der Waals surface area contributed by atoms with Crippen LogP contribution in [0.4, 0.5) is 4.39 Å². The van der Waals surface area contributed by atoms with Crippen LogP contribution in [0.5, 0.6) is 11.5 Å². The monoisotopic (exact) mass is 487 g/mol. The van der Waals surface area contributed by atoms with Crippen molar-refractivity contribution in [2.45, 2.75) is 57.5 Å². The summed E-state index contributed by atoms with van der Waals surface area (Å²) >= 11 is 0. The topological polar surface area (TPSA) is 64.6 Å². The molecule has 0 radical (unpaired) electrons. The van der Waals surface area contributed by atoms with Gasteiger partial charge in [0.1, 0.15) is 12.4 Å². The smallest absolute Gasteiger partial charge is 0.165 e. The van der Waals surface area contributed by atoms with Gasteiger partial charge in [-0.1, -0.05) is 30.3 Å². The highest BCUT2D eigenvalue weighted by Crippen LogP contribution is 2.47. The molecule has 2 aromatic rings. The number of carbonyl (C=O) groups is 2. The number of ketones is 2. The third kappa shape index (κ3) is 4.36. The Hall–Kier alpha value is -3.67. The van der Waals surface area contributed by atoms with Crippen LogP contribution in [0.15, 0.2) is 71.6 Å². The first kappa shape index (κ1) is 24.0. The number of Topliss-reactive ketones (excluding diaryl/α,β-unsaturated/α-hetero) is 2. The first-order valence-corrected chi connectivity index (χ1v) is 12.5. The van der Waals surface area contributed by atoms with E-state index >= 15 is 0 Å². The Balaban J connectivity index is 1.61. The van der Waals surface area contributed by atoms with E-state index in [4.69, 9.17) is 9.47 Å². The van der Waals surface area contributed by atoms with Gasteiger partial charge in [0.25, 0.3) is 0 Å². The number of allylic oxidation sites excluding steroid dienone is 5. The average molecular weight is 488 g/mol. The van der Waals surface area contributed by atoms with Crippen LogP contribution in [0.3, 0.4) is 0 Å². The Kier molecular flexibility index (Phi) is 6.77. The fourth-order valence-electron chi connectivity index (χ4n) is 5.55. The largest absolute Gasteiger partial charge is 0.493 e. The lowest BCUT2D eigenvalue weighted by Gasteiger charge is -2.37. The van der Waals surface area contributed by atoms with E-state index in [1.54, 1.807) is 31.4 Å². The highest BCUT2D eigenvalue weighted by molar-refractivity contribution is 6.06. The van der Waals surface area contributed by atoms with Crippen LogP contribution in [0.1, 0.15) is 61.1 Å². The predicted molar refractivity (Wildman–Crippen MR) is 135 cm³/mol. The van der Waals surface area contributed by atoms with E-state index in [2.05, 4.69) is 11.9 Å². The number of carbonyl (C=O) groups excluding carboxylic acids is 2. The predicted octanol–water partition coefficient (Wildman–Crippen LogP) is 5.84. The normalized spacial score (nSPS) is 17.9. The van der Waals surface area contributed by atoms with Crippen molar-refractivity contribution in [3.8, 4) is 11.5 Å². The van der Waals surface area contributed by atoms with Crippen LogP contribution in [-0.2, 0) is 22.6 Å². The average Bonchev–Trinajstić information content (AvgIpc) is 2.88. The number of hydrogen-bond acceptors (Lipinski definition) is 5. The lowest BCUT2D eigenvalue weighted by atomic mass is 9.71. The van der Waals surface area contributed by atoms with Crippen LogP contribution < -0.4 is 14.8 Å². The van der Waals surface area contributed by atoms with Crippen molar-refractivity contribution in [1.82, 2.24) is 5.32 Å². The zero-order valence-electron chi connectivity index (χ0n) is 20.5. The van der Waals surface area contributed by atoms with Crippen LogP contribution in [0.25, 0.3) is 0 Å². The second-order valence-corrected chi connectivity index (χ2v) is 9.48. The van der Waals surface area contributed by atoms with Crippen molar-refractivity contribution in [2.75, 3.05) is 7.11 Å². The molecule has 0 bridgehead atoms. The van der Waals surface area contributed by atoms with Gasteiger partial charge in [-0.2, -0.15) is 0 Å². The third-order valence-electron chi connectivity index (χ3n) is 7.19. The van der Waals surface area contributed by atoms with Crippen LogP contribution >= 0.6 is 0 Å². The molecule has 3 aliphatic rings. The molecule has 0 spiro atoms. The van der Waals surface area contributed by atoms with E-state index in [0.717, 1.165) is 48.2 Å². The number of methoxy groups -OCH3 is 1. The standard InChI is InChI=1S/C30H30FNO4/c1-3-8-18-15-20(16-26(35-2)30(18)36-17-19-9-4-5-10-21(19)31)27-28-22(11-6-13-24(28)33)32-23-12-7-14-25(34)29(23)27/h3-5,9-10,15-16,27,32H,1,6-8,11-14,17H2,2H3. The Bertz CT molecular complexity index is 1260. The van der Waals surface area contributed by atoms with E-state index in [1.165, 1.54) is 6.07 Å². The quantitative estimate of drug-likeness (QED) is 0.497. The van der Waals surface area contributed by atoms with E-state index in [9.17, 15) is 14.0 Å². The maximum atomic E-state index is 14.2. The number of halogens is 1. The Labute approximate surface area is 210 Å². The Morgan fingerprint density at radius 2 is 1.67 bits per heavy atom. The Morgan fingerprint density at radius 3 is 2.28 bits per heavy atom. The summed E-state index contributed by atoms with van der Waals surface area (Å²) in [7, 11) is 1.56. The molecule has 6 heteroatoms. The molecule has 0 saturated carbocycles. The van der Waals surface area contributed by atoms with Gasteiger partial charge in [0.2, 0.25) is 0 Å². The molecule has 1 aliphatic heterocycles. The number of nitrogens with one attached hydrogen (secondary N) is 1. The molecule has 0 amide bonds. The van der Waals surface area contributed by atoms with Gasteiger partial charge in [-0.15, -0.1) is 6.58 Å². The first-order chi connectivity index (χ1) is 17.5. The highest BCUT2D eigenvalue weighted by atomic mass is 19.1. The minimum atomic E-state index is -0.435. The fraction of sp³-hybridized carbons (Fsp3) is 0.333. The molecule has 2 aliphatic carbocycles. The molecular formula is C30H30FNO4. The van der Waals surface area contributed by atoms with Crippen molar-refractivity contribution >= 4 is 11.6 Å². The van der Waals surface area contributed by atoms with Crippen LogP contribution in [0, 0.1) is 5.82 Å². The third-order valence-corrected chi connectivity index (χ3v) is 7.19. The van der Waals surface area contributed by atoms with Gasteiger partial charge in [0.15, 0.2) is 23.1 Å². The van der Waals surface area contributed by atoms with Crippen molar-refractivity contribution < 1.29 is 23.5 Å². The van der Waals surface area contributed by atoms with Crippen molar-refractivity contribution in [3.63, 3.8) is 0 Å². The summed E-state index contributed by atoms with van der Waals surface area (Å²) in [6.45, 7) is 3.93. The molecule has 0 atom stereocenters. The summed E-state index contributed by atoms with van der Waals surface area (Å²) in [5.41, 5.74) is 5.35. The fourth-order valence-corrected chi connectivity index (χ4v) is 5.55. The molecule has 5 rings (SSSR count). The van der Waals surface area contributed by atoms with Crippen molar-refractivity contribution in [1.29, 1.82) is 0 Å². The molecule has 0 aromatic heterocycles. The minimum Gasteiger partial charge on any atom is -0.493 e. The molecule has 186 valence electrons. The molecule has 1 N–H and O–H groups in total. The zero-order chi connectivity index (χ0) is 25.2. The molecular weight excluding hydrogens is 457 g/mol. The SMILES string of the molecule is C=CCc1cc(C2C3=C(CCCC3=O)NC3=C2C(=O)CCC3)cc(OC)c1OCc1ccccc1F. The highest BCUT2D eigenvalue weighted by Gasteiger charge is 2.40. The number of benzene rings is 2. The van der Waals surface area contributed by atoms with Gasteiger partial charge in [-0.05, 0) is 49.8 Å². The van der Waals surface area contributed by atoms with Gasteiger partial charge in [0.05, 0.1) is 7.11 Å². The maximum Gasteiger partial charge on any atom is 0.165 e. The minimum absolute atomic E-state index is 0.0431. The molecule has 36 heavy (non-hydrogen) atoms. The zero-order valence-corrected chi connectivity index (χ0v) is 20.5. The van der Waals surface area contributed by atoms with E-state index in [1.807, 2.05) is 12.1 Å². The molecule has 5 nitrogen and oxygen atoms in total. The summed E-state index contributed by atoms with van der Waals surface area (Å²) in [5, 5.41) is 3.45. The van der Waals surface area contributed by atoms with Gasteiger partial charge in [0, 0.05) is 52.4 Å². The molecule has 0 fully saturated rings. The number of ether oxygens (including phenoxy) is 2. The number of rotatable bonds is 7. The molecule has 0 unspecified atom stereocenters. The molecule has 0 saturated heterocycles. The van der Waals surface area contributed by atoms with Gasteiger partial charge in [-0.25, -0.2) is 4.39 Å². The lowest BCUT2D eigenvalue weighted by Crippen LogP contribution is -2.36. The van der Waals surface area contributed by atoms with Crippen LogP contribution in [-0.4, -0.2) is 18.7 Å². The summed E-state index contributed by atoms with van der Waals surface area (Å²) < 4.78 is 26.0. The van der Waals surface area contributed by atoms with Crippen molar-refractivity contribution in [3.05, 3.63) is 94.1 Å². The van der Waals surface area contributed by atoms with Gasteiger partial charge >= 0.3 is 0 Å². The van der Waals surface area contributed by atoms with E-state index < -0.39 is 5.92 Å². The summed E-state index contributed by atoms with van der Waals surface area (Å²) in [5.74, 6) is 0.390. The maximum absolute atomic E-state index is 14.2.